The predicted molar refractivity (Wildman–Crippen MR) is 103 cm³/mol. The van der Waals surface area contributed by atoms with E-state index in [2.05, 4.69) is 32.9 Å². The van der Waals surface area contributed by atoms with E-state index in [0.717, 1.165) is 36.3 Å². The first kappa shape index (κ1) is 17.3. The highest BCUT2D eigenvalue weighted by Gasteiger charge is 2.28. The van der Waals surface area contributed by atoms with Crippen molar-refractivity contribution in [2.24, 2.45) is 0 Å². The number of aromatic nitrogens is 2. The van der Waals surface area contributed by atoms with Gasteiger partial charge in [0.15, 0.2) is 5.82 Å². The number of nitrogens with one attached hydrogen (secondary N) is 2. The topological polar surface area (TPSA) is 80.0 Å². The van der Waals surface area contributed by atoms with Crippen molar-refractivity contribution in [1.82, 2.24) is 15.5 Å². The molecule has 0 aliphatic heterocycles. The normalized spacial score (nSPS) is 13.3. The lowest BCUT2D eigenvalue weighted by Crippen LogP contribution is -2.30. The lowest BCUT2D eigenvalue weighted by molar-refractivity contribution is 0.252. The summed E-state index contributed by atoms with van der Waals surface area (Å²) in [5, 5.41) is 9.86. The number of amides is 2. The fourth-order valence-corrected chi connectivity index (χ4v) is 2.94. The number of carbonyl (C=O) groups is 1. The molecule has 138 valence electrons. The molecule has 0 bridgehead atoms. The van der Waals surface area contributed by atoms with E-state index in [1.807, 2.05) is 42.5 Å². The first-order chi connectivity index (χ1) is 13.3. The van der Waals surface area contributed by atoms with Crippen molar-refractivity contribution in [2.75, 3.05) is 11.9 Å². The molecule has 6 nitrogen and oxygen atoms in total. The van der Waals surface area contributed by atoms with Crippen molar-refractivity contribution in [2.45, 2.75) is 31.6 Å². The van der Waals surface area contributed by atoms with Gasteiger partial charge in [-0.1, -0.05) is 53.7 Å². The zero-order valence-electron chi connectivity index (χ0n) is 15.0. The summed E-state index contributed by atoms with van der Waals surface area (Å²) < 4.78 is 5.35. The van der Waals surface area contributed by atoms with Gasteiger partial charge in [0, 0.05) is 18.2 Å². The second-order valence-corrected chi connectivity index (χ2v) is 6.77. The van der Waals surface area contributed by atoms with Gasteiger partial charge in [0.05, 0.1) is 6.42 Å². The van der Waals surface area contributed by atoms with Crippen LogP contribution >= 0.6 is 0 Å². The highest BCUT2D eigenvalue weighted by Crippen LogP contribution is 2.38. The molecule has 3 aromatic rings. The van der Waals surface area contributed by atoms with E-state index in [1.165, 1.54) is 5.56 Å². The maximum atomic E-state index is 12.2. The molecule has 0 radical (unpaired) electrons. The van der Waals surface area contributed by atoms with Crippen molar-refractivity contribution >= 4 is 11.7 Å². The molecule has 1 aliphatic carbocycles. The Kier molecular flexibility index (Phi) is 5.14. The lowest BCUT2D eigenvalue weighted by atomic mass is 10.1. The van der Waals surface area contributed by atoms with Crippen molar-refractivity contribution < 1.29 is 9.32 Å². The smallest absolute Gasteiger partial charge is 0.319 e. The molecular weight excluding hydrogens is 340 g/mol. The van der Waals surface area contributed by atoms with Gasteiger partial charge in [-0.2, -0.15) is 4.98 Å². The molecule has 1 aromatic heterocycles. The zero-order valence-corrected chi connectivity index (χ0v) is 15.0. The number of nitrogens with zero attached hydrogens (tertiary/aromatic N) is 2. The summed E-state index contributed by atoms with van der Waals surface area (Å²) in [6.07, 6.45) is 3.57. The summed E-state index contributed by atoms with van der Waals surface area (Å²) in [6, 6.07) is 17.5. The number of hydrogen-bond donors (Lipinski definition) is 2. The number of carbonyl (C=O) groups excluding carboxylic acids is 1. The second-order valence-electron chi connectivity index (χ2n) is 6.77. The average Bonchev–Trinajstić information content (AvgIpc) is 3.43. The summed E-state index contributed by atoms with van der Waals surface area (Å²) in [7, 11) is 0. The molecule has 1 saturated carbocycles. The monoisotopic (exact) mass is 362 g/mol. The van der Waals surface area contributed by atoms with Crippen LogP contribution in [0.2, 0.25) is 0 Å². The third-order valence-electron chi connectivity index (χ3n) is 4.58. The van der Waals surface area contributed by atoms with Crippen LogP contribution in [0.1, 0.15) is 41.6 Å². The van der Waals surface area contributed by atoms with Crippen molar-refractivity contribution in [1.29, 1.82) is 0 Å². The minimum absolute atomic E-state index is 0.220. The predicted octanol–water partition coefficient (Wildman–Crippen LogP) is 3.90. The molecule has 2 amide bonds. The van der Waals surface area contributed by atoms with Crippen LogP contribution in [0, 0.1) is 0 Å². The molecular formula is C21H22N4O2. The number of rotatable bonds is 7. The van der Waals surface area contributed by atoms with Gasteiger partial charge >= 0.3 is 6.03 Å². The Morgan fingerprint density at radius 2 is 1.85 bits per heavy atom. The molecule has 0 spiro atoms. The van der Waals surface area contributed by atoms with E-state index in [0.29, 0.717) is 24.8 Å². The van der Waals surface area contributed by atoms with E-state index in [9.17, 15) is 4.79 Å². The van der Waals surface area contributed by atoms with Crippen molar-refractivity contribution in [3.05, 3.63) is 77.4 Å². The van der Waals surface area contributed by atoms with E-state index in [-0.39, 0.29) is 6.03 Å². The minimum Gasteiger partial charge on any atom is -0.339 e. The molecule has 6 heteroatoms. The molecule has 1 heterocycles. The summed E-state index contributed by atoms with van der Waals surface area (Å²) in [6.45, 7) is 0.576. The summed E-state index contributed by atoms with van der Waals surface area (Å²) in [4.78, 5) is 16.7. The SMILES string of the molecule is O=C(NCCc1ccccc1)Nc1ccccc1Cc1nc(C2CC2)no1. The number of para-hydroxylation sites is 1. The van der Waals surface area contributed by atoms with Crippen molar-refractivity contribution in [3.8, 4) is 0 Å². The van der Waals surface area contributed by atoms with Gasteiger partial charge in [0.2, 0.25) is 5.89 Å². The quantitative estimate of drug-likeness (QED) is 0.668. The standard InChI is InChI=1S/C21H22N4O2/c26-21(22-13-12-15-6-2-1-3-7-15)23-18-9-5-4-8-17(18)14-19-24-20(25-27-19)16-10-11-16/h1-9,16H,10-14H2,(H2,22,23,26). The van der Waals surface area contributed by atoms with E-state index < -0.39 is 0 Å². The maximum Gasteiger partial charge on any atom is 0.319 e. The largest absolute Gasteiger partial charge is 0.339 e. The molecule has 0 atom stereocenters. The molecule has 1 fully saturated rings. The Morgan fingerprint density at radius 3 is 2.67 bits per heavy atom. The third kappa shape index (κ3) is 4.73. The van der Waals surface area contributed by atoms with Crippen molar-refractivity contribution in [3.63, 3.8) is 0 Å². The summed E-state index contributed by atoms with van der Waals surface area (Å²) >= 11 is 0. The average molecular weight is 362 g/mol. The lowest BCUT2D eigenvalue weighted by Gasteiger charge is -2.11. The Morgan fingerprint density at radius 1 is 1.07 bits per heavy atom. The fourth-order valence-electron chi connectivity index (χ4n) is 2.94. The molecule has 0 saturated heterocycles. The minimum atomic E-state index is -0.220. The van der Waals surface area contributed by atoms with E-state index >= 15 is 0 Å². The van der Waals surface area contributed by atoms with Crippen LogP contribution in [0.3, 0.4) is 0 Å². The van der Waals surface area contributed by atoms with Crippen LogP contribution in [0.4, 0.5) is 10.5 Å². The first-order valence-electron chi connectivity index (χ1n) is 9.27. The highest BCUT2D eigenvalue weighted by atomic mass is 16.5. The van der Waals surface area contributed by atoms with E-state index in [4.69, 9.17) is 4.52 Å². The number of benzene rings is 2. The Labute approximate surface area is 158 Å². The van der Waals surface area contributed by atoms with Gasteiger partial charge < -0.3 is 15.2 Å². The number of urea groups is 1. The van der Waals surface area contributed by atoms with Crippen LogP contribution in [0.25, 0.3) is 0 Å². The van der Waals surface area contributed by atoms with Crippen LogP contribution in [0.5, 0.6) is 0 Å². The fraction of sp³-hybridized carbons (Fsp3) is 0.286. The molecule has 1 aliphatic rings. The Hall–Kier alpha value is -3.15. The van der Waals surface area contributed by atoms with Gasteiger partial charge in [0.1, 0.15) is 0 Å². The maximum absolute atomic E-state index is 12.2. The Balaban J connectivity index is 1.33. The van der Waals surface area contributed by atoms with Crippen LogP contribution in [-0.2, 0) is 12.8 Å². The number of hydrogen-bond acceptors (Lipinski definition) is 4. The highest BCUT2D eigenvalue weighted by molar-refractivity contribution is 5.90. The summed E-state index contributed by atoms with van der Waals surface area (Å²) in [5.74, 6) is 1.84. The molecule has 27 heavy (non-hydrogen) atoms. The molecule has 2 aromatic carbocycles. The van der Waals surface area contributed by atoms with Crippen LogP contribution < -0.4 is 10.6 Å². The van der Waals surface area contributed by atoms with Gasteiger partial charge in [-0.3, -0.25) is 0 Å². The Bertz CT molecular complexity index is 903. The van der Waals surface area contributed by atoms with E-state index in [1.54, 1.807) is 0 Å². The van der Waals surface area contributed by atoms with Gasteiger partial charge in [-0.05, 0) is 36.5 Å². The van der Waals surface area contributed by atoms with Gasteiger partial charge in [-0.25, -0.2) is 4.79 Å². The van der Waals surface area contributed by atoms with Gasteiger partial charge in [0.25, 0.3) is 0 Å². The van der Waals surface area contributed by atoms with Crippen LogP contribution in [-0.4, -0.2) is 22.7 Å². The molecule has 4 rings (SSSR count). The summed E-state index contributed by atoms with van der Waals surface area (Å²) in [5.41, 5.74) is 2.89. The zero-order chi connectivity index (χ0) is 18.5. The van der Waals surface area contributed by atoms with Crippen LogP contribution in [0.15, 0.2) is 59.1 Å². The second kappa shape index (κ2) is 8.03. The third-order valence-corrected chi connectivity index (χ3v) is 4.58. The first-order valence-corrected chi connectivity index (χ1v) is 9.27. The number of anilines is 1. The van der Waals surface area contributed by atoms with Gasteiger partial charge in [-0.15, -0.1) is 0 Å². The molecule has 0 unspecified atom stereocenters. The molecule has 2 N–H and O–H groups in total.